The van der Waals surface area contributed by atoms with Crippen molar-refractivity contribution in [2.75, 3.05) is 5.75 Å². The van der Waals surface area contributed by atoms with E-state index in [2.05, 4.69) is 0 Å². The Morgan fingerprint density at radius 2 is 2.12 bits per heavy atom. The molecule has 0 fully saturated rings. The highest BCUT2D eigenvalue weighted by Gasteiger charge is 2.07. The van der Waals surface area contributed by atoms with E-state index in [4.69, 9.17) is 28.9 Å². The monoisotopic (exact) mass is 279 g/mol. The largest absolute Gasteiger partial charge is 0.328 e. The van der Waals surface area contributed by atoms with Gasteiger partial charge in [-0.25, -0.2) is 0 Å². The van der Waals surface area contributed by atoms with Gasteiger partial charge in [0.25, 0.3) is 0 Å². The fraction of sp³-hybridized carbons (Fsp3) is 0.455. The zero-order valence-electron chi connectivity index (χ0n) is 9.08. The van der Waals surface area contributed by atoms with E-state index in [0.29, 0.717) is 21.6 Å². The fourth-order valence-electron chi connectivity index (χ4n) is 1.20. The summed E-state index contributed by atoms with van der Waals surface area (Å²) in [5, 5.41) is 1.16. The summed E-state index contributed by atoms with van der Waals surface area (Å²) in [6, 6.07) is 5.32. The number of benzene rings is 1. The van der Waals surface area contributed by atoms with Gasteiger partial charge < -0.3 is 5.73 Å². The van der Waals surface area contributed by atoms with Gasteiger partial charge in [0, 0.05) is 38.4 Å². The van der Waals surface area contributed by atoms with Gasteiger partial charge in [0.1, 0.15) is 0 Å². The van der Waals surface area contributed by atoms with Gasteiger partial charge >= 0.3 is 0 Å². The lowest BCUT2D eigenvalue weighted by Gasteiger charge is -2.06. The normalized spacial score (nSPS) is 14.8. The van der Waals surface area contributed by atoms with Crippen molar-refractivity contribution in [3.8, 4) is 0 Å². The first-order chi connectivity index (χ1) is 7.49. The molecule has 5 heteroatoms. The summed E-state index contributed by atoms with van der Waals surface area (Å²) in [6.07, 6.45) is 0.762. The molecule has 0 aliphatic rings. The van der Waals surface area contributed by atoms with Crippen LogP contribution in [0.1, 0.15) is 18.9 Å². The van der Waals surface area contributed by atoms with Crippen LogP contribution in [-0.4, -0.2) is 16.0 Å². The van der Waals surface area contributed by atoms with Crippen LogP contribution in [0, 0.1) is 0 Å². The van der Waals surface area contributed by atoms with E-state index in [1.165, 1.54) is 0 Å². The van der Waals surface area contributed by atoms with Crippen LogP contribution in [0.5, 0.6) is 0 Å². The molecule has 0 aliphatic carbocycles. The summed E-state index contributed by atoms with van der Waals surface area (Å²) in [7, 11) is -0.916. The molecule has 0 bridgehead atoms. The van der Waals surface area contributed by atoms with Gasteiger partial charge in [-0.05, 0) is 31.0 Å². The molecule has 2 atom stereocenters. The van der Waals surface area contributed by atoms with Crippen molar-refractivity contribution in [2.24, 2.45) is 5.73 Å². The average molecular weight is 280 g/mol. The molecule has 16 heavy (non-hydrogen) atoms. The van der Waals surface area contributed by atoms with Gasteiger partial charge in [-0.2, -0.15) is 0 Å². The van der Waals surface area contributed by atoms with Crippen LogP contribution in [-0.2, 0) is 16.6 Å². The van der Waals surface area contributed by atoms with Gasteiger partial charge in [-0.15, -0.1) is 0 Å². The first kappa shape index (κ1) is 14.0. The Hall–Kier alpha value is -0.0900. The van der Waals surface area contributed by atoms with Crippen molar-refractivity contribution in [1.82, 2.24) is 0 Å². The summed E-state index contributed by atoms with van der Waals surface area (Å²) in [5.74, 6) is 1.07. The molecule has 0 spiro atoms. The third-order valence-electron chi connectivity index (χ3n) is 2.13. The molecule has 1 aromatic carbocycles. The molecular formula is C11H15Cl2NOS. The number of rotatable bonds is 5. The minimum absolute atomic E-state index is 0.0876. The van der Waals surface area contributed by atoms with E-state index in [1.807, 2.05) is 13.0 Å². The third kappa shape index (κ3) is 4.83. The highest BCUT2D eigenvalue weighted by Crippen LogP contribution is 2.22. The van der Waals surface area contributed by atoms with Crippen molar-refractivity contribution >= 4 is 34.0 Å². The Morgan fingerprint density at radius 1 is 1.44 bits per heavy atom. The molecule has 0 saturated heterocycles. The molecule has 0 radical (unpaired) electrons. The number of halogens is 2. The van der Waals surface area contributed by atoms with E-state index < -0.39 is 10.8 Å². The Bertz CT molecular complexity index is 382. The van der Waals surface area contributed by atoms with Gasteiger partial charge in [0.2, 0.25) is 0 Å². The SMILES string of the molecule is CC(N)CCS(=O)Cc1ccc(Cl)cc1Cl. The summed E-state index contributed by atoms with van der Waals surface area (Å²) in [6.45, 7) is 1.91. The van der Waals surface area contributed by atoms with E-state index in [0.717, 1.165) is 12.0 Å². The lowest BCUT2D eigenvalue weighted by Crippen LogP contribution is -2.18. The average Bonchev–Trinajstić information content (AvgIpc) is 2.19. The summed E-state index contributed by atoms with van der Waals surface area (Å²) in [5.41, 5.74) is 6.48. The summed E-state index contributed by atoms with van der Waals surface area (Å²) >= 11 is 11.8. The number of hydrogen-bond donors (Lipinski definition) is 1. The van der Waals surface area contributed by atoms with Crippen LogP contribution in [0.25, 0.3) is 0 Å². The summed E-state index contributed by atoms with van der Waals surface area (Å²) in [4.78, 5) is 0. The Labute approximate surface area is 109 Å². The van der Waals surface area contributed by atoms with Crippen LogP contribution in [0.4, 0.5) is 0 Å². The summed E-state index contributed by atoms with van der Waals surface area (Å²) < 4.78 is 11.7. The van der Waals surface area contributed by atoms with Crippen LogP contribution in [0.15, 0.2) is 18.2 Å². The quantitative estimate of drug-likeness (QED) is 0.901. The van der Waals surface area contributed by atoms with Crippen molar-refractivity contribution in [3.63, 3.8) is 0 Å². The van der Waals surface area contributed by atoms with Gasteiger partial charge in [0.15, 0.2) is 0 Å². The molecule has 0 heterocycles. The molecule has 2 nitrogen and oxygen atoms in total. The Kier molecular flexibility index (Phi) is 5.76. The van der Waals surface area contributed by atoms with Gasteiger partial charge in [-0.3, -0.25) is 4.21 Å². The Morgan fingerprint density at radius 3 is 2.69 bits per heavy atom. The zero-order chi connectivity index (χ0) is 12.1. The minimum atomic E-state index is -0.916. The second kappa shape index (κ2) is 6.60. The molecule has 2 N–H and O–H groups in total. The van der Waals surface area contributed by atoms with Crippen molar-refractivity contribution in [3.05, 3.63) is 33.8 Å². The standard InChI is InChI=1S/C11H15Cl2NOS/c1-8(14)4-5-16(15)7-9-2-3-10(12)6-11(9)13/h2-3,6,8H,4-5,7,14H2,1H3. The lowest BCUT2D eigenvalue weighted by molar-refractivity contribution is 0.667. The van der Waals surface area contributed by atoms with Gasteiger partial charge in [-0.1, -0.05) is 29.3 Å². The Balaban J connectivity index is 2.56. The van der Waals surface area contributed by atoms with Crippen LogP contribution >= 0.6 is 23.2 Å². The molecule has 1 aromatic rings. The number of hydrogen-bond acceptors (Lipinski definition) is 2. The molecule has 90 valence electrons. The first-order valence-corrected chi connectivity index (χ1v) is 7.28. The zero-order valence-corrected chi connectivity index (χ0v) is 11.4. The van der Waals surface area contributed by atoms with Crippen molar-refractivity contribution in [1.29, 1.82) is 0 Å². The van der Waals surface area contributed by atoms with Gasteiger partial charge in [0.05, 0.1) is 0 Å². The van der Waals surface area contributed by atoms with E-state index in [1.54, 1.807) is 12.1 Å². The van der Waals surface area contributed by atoms with E-state index >= 15 is 0 Å². The molecular weight excluding hydrogens is 265 g/mol. The topological polar surface area (TPSA) is 43.1 Å². The maximum Gasteiger partial charge on any atom is 0.0500 e. The maximum absolute atomic E-state index is 11.7. The predicted molar refractivity (Wildman–Crippen MR) is 71.4 cm³/mol. The highest BCUT2D eigenvalue weighted by atomic mass is 35.5. The second-order valence-electron chi connectivity index (χ2n) is 3.79. The molecule has 0 amide bonds. The molecule has 0 aromatic heterocycles. The lowest BCUT2D eigenvalue weighted by atomic mass is 10.2. The number of nitrogens with two attached hydrogens (primary N) is 1. The molecule has 0 saturated carbocycles. The first-order valence-electron chi connectivity index (χ1n) is 5.03. The molecule has 1 rings (SSSR count). The highest BCUT2D eigenvalue weighted by molar-refractivity contribution is 7.84. The fourth-order valence-corrected chi connectivity index (χ4v) is 3.13. The van der Waals surface area contributed by atoms with E-state index in [9.17, 15) is 4.21 Å². The van der Waals surface area contributed by atoms with Crippen molar-refractivity contribution in [2.45, 2.75) is 25.1 Å². The van der Waals surface area contributed by atoms with Crippen LogP contribution in [0.2, 0.25) is 10.0 Å². The van der Waals surface area contributed by atoms with Crippen LogP contribution < -0.4 is 5.73 Å². The maximum atomic E-state index is 11.7. The van der Waals surface area contributed by atoms with Crippen molar-refractivity contribution < 1.29 is 4.21 Å². The predicted octanol–water partition coefficient (Wildman–Crippen LogP) is 2.98. The minimum Gasteiger partial charge on any atom is -0.328 e. The molecule has 0 aliphatic heterocycles. The third-order valence-corrected chi connectivity index (χ3v) is 4.04. The molecule has 2 unspecified atom stereocenters. The van der Waals surface area contributed by atoms with E-state index in [-0.39, 0.29) is 6.04 Å². The van der Waals surface area contributed by atoms with Crippen LogP contribution in [0.3, 0.4) is 0 Å². The smallest absolute Gasteiger partial charge is 0.0500 e. The second-order valence-corrected chi connectivity index (χ2v) is 6.21.